The lowest BCUT2D eigenvalue weighted by Gasteiger charge is -2.40. The Morgan fingerprint density at radius 1 is 1.27 bits per heavy atom. The predicted molar refractivity (Wildman–Crippen MR) is 68.3 cm³/mol. The Balaban J connectivity index is 1.73. The average Bonchev–Trinajstić information content (AvgIpc) is 2.95. The van der Waals surface area contributed by atoms with Crippen molar-refractivity contribution >= 4 is 11.9 Å². The third-order valence-corrected chi connectivity index (χ3v) is 5.87. The molecule has 1 spiro atoms. The van der Waals surface area contributed by atoms with Gasteiger partial charge >= 0.3 is 11.9 Å². The molecule has 5 aliphatic rings. The van der Waals surface area contributed by atoms with Gasteiger partial charge in [0.15, 0.2) is 17.3 Å². The molecule has 4 fully saturated rings. The van der Waals surface area contributed by atoms with Gasteiger partial charge in [0, 0.05) is 0 Å². The lowest BCUT2D eigenvalue weighted by atomic mass is 9.76. The fraction of sp³-hybridized carbons (Fsp3) is 0.733. The van der Waals surface area contributed by atoms with Crippen LogP contribution in [0.4, 0.5) is 0 Å². The second-order valence-electron chi connectivity index (χ2n) is 6.92. The number of esters is 2. The summed E-state index contributed by atoms with van der Waals surface area (Å²) in [5.41, 5.74) is -1.90. The molecular weight excluding hydrogens is 292 g/mol. The quantitative estimate of drug-likeness (QED) is 0.376. The van der Waals surface area contributed by atoms with Crippen molar-refractivity contribution in [1.29, 1.82) is 0 Å². The summed E-state index contributed by atoms with van der Waals surface area (Å²) >= 11 is 0. The zero-order valence-corrected chi connectivity index (χ0v) is 12.2. The fourth-order valence-corrected chi connectivity index (χ4v) is 4.44. The van der Waals surface area contributed by atoms with Gasteiger partial charge in [-0.1, -0.05) is 0 Å². The van der Waals surface area contributed by atoms with Crippen molar-refractivity contribution in [2.75, 3.05) is 0 Å². The van der Waals surface area contributed by atoms with Gasteiger partial charge in [0.1, 0.15) is 6.10 Å². The standard InChI is InChI=1S/C15H16O7/c1-6-5-14-15(18,7(2)11(16)22-14)10-9-13(21-9,12(17)19-10)4-3-8(6)20-14/h5,7-10,18H,3-4H2,1-2H3. The van der Waals surface area contributed by atoms with Gasteiger partial charge in [-0.3, -0.25) is 4.79 Å². The van der Waals surface area contributed by atoms with E-state index in [1.165, 1.54) is 0 Å². The first-order chi connectivity index (χ1) is 10.3. The van der Waals surface area contributed by atoms with Crippen LogP contribution in [-0.2, 0) is 28.5 Å². The van der Waals surface area contributed by atoms with Crippen molar-refractivity contribution in [3.8, 4) is 0 Å². The van der Waals surface area contributed by atoms with Crippen LogP contribution in [0.3, 0.4) is 0 Å². The Labute approximate surface area is 126 Å². The van der Waals surface area contributed by atoms with Gasteiger partial charge in [-0.25, -0.2) is 4.79 Å². The van der Waals surface area contributed by atoms with Crippen molar-refractivity contribution in [1.82, 2.24) is 0 Å². The second-order valence-corrected chi connectivity index (χ2v) is 6.92. The number of hydrogen-bond donors (Lipinski definition) is 1. The summed E-state index contributed by atoms with van der Waals surface area (Å²) in [6.07, 6.45) is 0.844. The SMILES string of the molecule is CC1=CC23OC(=O)C(C)C2(O)C2OC(=O)C4(CCC1O3)OC24. The number of ether oxygens (including phenoxy) is 4. The fourth-order valence-electron chi connectivity index (χ4n) is 4.44. The first-order valence-electron chi connectivity index (χ1n) is 7.55. The highest BCUT2D eigenvalue weighted by Gasteiger charge is 2.83. The van der Waals surface area contributed by atoms with E-state index in [9.17, 15) is 14.7 Å². The van der Waals surface area contributed by atoms with Gasteiger partial charge in [0.25, 0.3) is 5.79 Å². The summed E-state index contributed by atoms with van der Waals surface area (Å²) in [6.45, 7) is 3.43. The van der Waals surface area contributed by atoms with Gasteiger partial charge in [0.05, 0.1) is 12.0 Å². The topological polar surface area (TPSA) is 94.6 Å². The number of hydrogen-bond acceptors (Lipinski definition) is 7. The zero-order valence-electron chi connectivity index (χ0n) is 12.2. The molecule has 1 N–H and O–H groups in total. The minimum atomic E-state index is -1.79. The van der Waals surface area contributed by atoms with E-state index in [4.69, 9.17) is 18.9 Å². The maximum absolute atomic E-state index is 12.2. The van der Waals surface area contributed by atoms with Crippen molar-refractivity contribution < 1.29 is 33.6 Å². The molecule has 7 heteroatoms. The maximum Gasteiger partial charge on any atom is 0.341 e. The van der Waals surface area contributed by atoms with Crippen LogP contribution in [-0.4, -0.2) is 52.3 Å². The van der Waals surface area contributed by atoms with E-state index in [2.05, 4.69) is 0 Å². The summed E-state index contributed by atoms with van der Waals surface area (Å²) in [5, 5.41) is 11.4. The zero-order chi connectivity index (χ0) is 15.5. The van der Waals surface area contributed by atoms with Gasteiger partial charge in [-0.15, -0.1) is 0 Å². The van der Waals surface area contributed by atoms with Crippen LogP contribution in [0.5, 0.6) is 0 Å². The Morgan fingerprint density at radius 2 is 2.05 bits per heavy atom. The molecule has 5 rings (SSSR count). The van der Waals surface area contributed by atoms with E-state index >= 15 is 0 Å². The Morgan fingerprint density at radius 3 is 2.77 bits per heavy atom. The Hall–Kier alpha value is -1.44. The summed E-state index contributed by atoms with van der Waals surface area (Å²) in [6, 6.07) is 0. The number of aliphatic hydroxyl groups is 1. The summed E-state index contributed by atoms with van der Waals surface area (Å²) in [4.78, 5) is 24.4. The minimum Gasteiger partial charge on any atom is -0.454 e. The van der Waals surface area contributed by atoms with Crippen molar-refractivity contribution in [3.63, 3.8) is 0 Å². The van der Waals surface area contributed by atoms with Gasteiger partial charge < -0.3 is 24.1 Å². The van der Waals surface area contributed by atoms with Crippen molar-refractivity contribution in [2.45, 2.75) is 62.0 Å². The van der Waals surface area contributed by atoms with Crippen LogP contribution in [0, 0.1) is 5.92 Å². The molecule has 5 heterocycles. The largest absolute Gasteiger partial charge is 0.454 e. The van der Waals surface area contributed by atoms with Crippen molar-refractivity contribution in [3.05, 3.63) is 11.6 Å². The first kappa shape index (κ1) is 13.0. The van der Waals surface area contributed by atoms with Crippen molar-refractivity contribution in [2.24, 2.45) is 5.92 Å². The second kappa shape index (κ2) is 3.39. The van der Waals surface area contributed by atoms with E-state index in [1.807, 2.05) is 6.92 Å². The number of carbonyl (C=O) groups excluding carboxylic acids is 2. The van der Waals surface area contributed by atoms with E-state index in [0.717, 1.165) is 5.57 Å². The number of carbonyl (C=O) groups is 2. The lowest BCUT2D eigenvalue weighted by molar-refractivity contribution is -0.282. The van der Waals surface area contributed by atoms with Crippen LogP contribution in [0.1, 0.15) is 26.7 Å². The third kappa shape index (κ3) is 1.12. The first-order valence-corrected chi connectivity index (χ1v) is 7.55. The summed E-state index contributed by atoms with van der Waals surface area (Å²) in [5.74, 6) is -3.51. The Bertz CT molecular complexity index is 656. The molecule has 5 aliphatic heterocycles. The monoisotopic (exact) mass is 308 g/mol. The van der Waals surface area contributed by atoms with E-state index in [0.29, 0.717) is 12.8 Å². The number of epoxide rings is 1. The highest BCUT2D eigenvalue weighted by Crippen LogP contribution is 2.61. The lowest BCUT2D eigenvalue weighted by Crippen LogP contribution is -2.62. The normalized spacial score (nSPS) is 57.9. The maximum atomic E-state index is 12.2. The van der Waals surface area contributed by atoms with Crippen LogP contribution >= 0.6 is 0 Å². The minimum absolute atomic E-state index is 0.309. The molecule has 118 valence electrons. The molecule has 0 aromatic rings. The summed E-state index contributed by atoms with van der Waals surface area (Å²) < 4.78 is 22.4. The highest BCUT2D eigenvalue weighted by molar-refractivity contribution is 5.88. The molecule has 7 unspecified atom stereocenters. The Kier molecular flexibility index (Phi) is 2.01. The van der Waals surface area contributed by atoms with Gasteiger partial charge in [0.2, 0.25) is 0 Å². The number of rotatable bonds is 0. The van der Waals surface area contributed by atoms with Gasteiger partial charge in [-0.2, -0.15) is 0 Å². The molecule has 0 aliphatic carbocycles. The molecule has 0 radical (unpaired) electrons. The smallest absolute Gasteiger partial charge is 0.341 e. The molecule has 0 aromatic carbocycles. The molecule has 0 saturated carbocycles. The number of fused-ring (bicyclic) bond motifs is 2. The average molecular weight is 308 g/mol. The molecule has 22 heavy (non-hydrogen) atoms. The predicted octanol–water partition coefficient (Wildman–Crippen LogP) is -0.191. The van der Waals surface area contributed by atoms with Crippen LogP contribution < -0.4 is 0 Å². The van der Waals surface area contributed by atoms with Crippen LogP contribution in [0.15, 0.2) is 11.6 Å². The molecule has 4 bridgehead atoms. The van der Waals surface area contributed by atoms with Crippen LogP contribution in [0.2, 0.25) is 0 Å². The summed E-state index contributed by atoms with van der Waals surface area (Å²) in [7, 11) is 0. The van der Waals surface area contributed by atoms with Gasteiger partial charge in [-0.05, 0) is 38.3 Å². The molecule has 4 saturated heterocycles. The molecule has 0 amide bonds. The molecule has 7 atom stereocenters. The van der Waals surface area contributed by atoms with E-state index < -0.39 is 47.1 Å². The van der Waals surface area contributed by atoms with E-state index in [1.54, 1.807) is 13.0 Å². The molecule has 7 nitrogen and oxygen atoms in total. The van der Waals surface area contributed by atoms with E-state index in [-0.39, 0.29) is 6.10 Å². The third-order valence-electron chi connectivity index (χ3n) is 5.87. The van der Waals surface area contributed by atoms with Crippen LogP contribution in [0.25, 0.3) is 0 Å². The highest BCUT2D eigenvalue weighted by atomic mass is 16.8. The molecule has 0 aromatic heterocycles. The molecular formula is C15H16O7.